The first-order chi connectivity index (χ1) is 9.65. The van der Waals surface area contributed by atoms with Crippen molar-refractivity contribution in [2.45, 2.75) is 25.3 Å². The fourth-order valence-corrected chi connectivity index (χ4v) is 2.79. The Morgan fingerprint density at radius 1 is 1.40 bits per heavy atom. The van der Waals surface area contributed by atoms with Crippen LogP contribution in [-0.2, 0) is 4.79 Å². The molecule has 1 aliphatic rings. The highest BCUT2D eigenvalue weighted by Gasteiger charge is 2.28. The lowest BCUT2D eigenvalue weighted by molar-refractivity contribution is -0.137. The first-order valence-corrected chi connectivity index (χ1v) is 6.83. The van der Waals surface area contributed by atoms with E-state index >= 15 is 0 Å². The fourth-order valence-electron chi connectivity index (χ4n) is 2.79. The molecule has 5 heteroatoms. The summed E-state index contributed by atoms with van der Waals surface area (Å²) in [6.07, 6.45) is 2.26. The first kappa shape index (κ1) is 14.7. The molecular weight excluding hydrogens is 258 g/mol. The number of benzene rings is 1. The van der Waals surface area contributed by atoms with E-state index in [0.717, 1.165) is 36.4 Å². The van der Waals surface area contributed by atoms with E-state index in [4.69, 9.17) is 14.6 Å². The average molecular weight is 279 g/mol. The second kappa shape index (κ2) is 6.61. The number of hydrogen-bond acceptors (Lipinski definition) is 4. The molecule has 0 aliphatic carbocycles. The third-order valence-electron chi connectivity index (χ3n) is 3.77. The number of nitrogens with zero attached hydrogens (tertiary/aromatic N) is 1. The van der Waals surface area contributed by atoms with Crippen molar-refractivity contribution < 1.29 is 19.4 Å². The third-order valence-corrected chi connectivity index (χ3v) is 3.77. The molecule has 20 heavy (non-hydrogen) atoms. The minimum atomic E-state index is -0.756. The van der Waals surface area contributed by atoms with Gasteiger partial charge in [-0.25, -0.2) is 0 Å². The summed E-state index contributed by atoms with van der Waals surface area (Å²) in [5.74, 6) is 0.872. The molecule has 1 saturated heterocycles. The van der Waals surface area contributed by atoms with E-state index in [1.165, 1.54) is 0 Å². The van der Waals surface area contributed by atoms with Gasteiger partial charge in [-0.1, -0.05) is 0 Å². The Bertz CT molecular complexity index is 475. The maximum Gasteiger partial charge on any atom is 0.304 e. The van der Waals surface area contributed by atoms with Crippen molar-refractivity contribution in [2.24, 2.45) is 0 Å². The SMILES string of the molecule is COc1ccc(OC)c([C@@H]2CCCN2CCC(=O)O)c1. The fraction of sp³-hybridized carbons (Fsp3) is 0.533. The van der Waals surface area contributed by atoms with Crippen LogP contribution in [0.3, 0.4) is 0 Å². The minimum absolute atomic E-state index is 0.169. The number of aliphatic carboxylic acids is 1. The van der Waals surface area contributed by atoms with Crippen LogP contribution < -0.4 is 9.47 Å². The van der Waals surface area contributed by atoms with Gasteiger partial charge in [0.25, 0.3) is 0 Å². The molecule has 110 valence electrons. The second-order valence-corrected chi connectivity index (χ2v) is 4.95. The van der Waals surface area contributed by atoms with Crippen LogP contribution in [0.4, 0.5) is 0 Å². The molecule has 5 nitrogen and oxygen atoms in total. The molecule has 1 aromatic rings. The lowest BCUT2D eigenvalue weighted by Gasteiger charge is -2.25. The summed E-state index contributed by atoms with van der Waals surface area (Å²) in [5, 5.41) is 8.84. The van der Waals surface area contributed by atoms with E-state index < -0.39 is 5.97 Å². The Morgan fingerprint density at radius 3 is 2.85 bits per heavy atom. The van der Waals surface area contributed by atoms with Crippen molar-refractivity contribution in [3.63, 3.8) is 0 Å². The molecule has 1 N–H and O–H groups in total. The zero-order valence-electron chi connectivity index (χ0n) is 12.0. The molecule has 1 atom stereocenters. The monoisotopic (exact) mass is 279 g/mol. The molecule has 0 amide bonds. The van der Waals surface area contributed by atoms with Gasteiger partial charge in [0.15, 0.2) is 0 Å². The van der Waals surface area contributed by atoms with Crippen LogP contribution >= 0.6 is 0 Å². The quantitative estimate of drug-likeness (QED) is 0.866. The largest absolute Gasteiger partial charge is 0.497 e. The number of carboxylic acid groups (broad SMARTS) is 1. The van der Waals surface area contributed by atoms with Gasteiger partial charge in [-0.05, 0) is 37.6 Å². The molecule has 2 rings (SSSR count). The second-order valence-electron chi connectivity index (χ2n) is 4.95. The highest BCUT2D eigenvalue weighted by molar-refractivity contribution is 5.66. The topological polar surface area (TPSA) is 59.0 Å². The number of methoxy groups -OCH3 is 2. The van der Waals surface area contributed by atoms with Gasteiger partial charge in [0.05, 0.1) is 20.6 Å². The smallest absolute Gasteiger partial charge is 0.304 e. The Balaban J connectivity index is 2.21. The van der Waals surface area contributed by atoms with Crippen LogP contribution in [0.2, 0.25) is 0 Å². The molecule has 1 fully saturated rings. The summed E-state index contributed by atoms with van der Waals surface area (Å²) in [7, 11) is 3.30. The Morgan fingerprint density at radius 2 is 2.20 bits per heavy atom. The van der Waals surface area contributed by atoms with Crippen molar-refractivity contribution in [1.82, 2.24) is 4.90 Å². The standard InChI is InChI=1S/C15H21NO4/c1-19-11-5-6-14(20-2)12(10-11)13-4-3-8-16(13)9-7-15(17)18/h5-6,10,13H,3-4,7-9H2,1-2H3,(H,17,18)/t13-/m0/s1. The molecule has 1 aromatic carbocycles. The Kier molecular flexibility index (Phi) is 4.84. The number of carboxylic acids is 1. The highest BCUT2D eigenvalue weighted by Crippen LogP contribution is 2.38. The predicted molar refractivity (Wildman–Crippen MR) is 75.3 cm³/mol. The van der Waals surface area contributed by atoms with E-state index in [-0.39, 0.29) is 12.5 Å². The van der Waals surface area contributed by atoms with Gasteiger partial charge in [0.1, 0.15) is 11.5 Å². The number of carbonyl (C=O) groups is 1. The van der Waals surface area contributed by atoms with E-state index in [9.17, 15) is 4.79 Å². The van der Waals surface area contributed by atoms with E-state index in [0.29, 0.717) is 6.54 Å². The van der Waals surface area contributed by atoms with Crippen molar-refractivity contribution >= 4 is 5.97 Å². The van der Waals surface area contributed by atoms with Crippen molar-refractivity contribution in [2.75, 3.05) is 27.3 Å². The molecule has 0 radical (unpaired) electrons. The van der Waals surface area contributed by atoms with Gasteiger partial charge < -0.3 is 14.6 Å². The van der Waals surface area contributed by atoms with Crippen LogP contribution in [-0.4, -0.2) is 43.3 Å². The van der Waals surface area contributed by atoms with Crippen LogP contribution in [0.15, 0.2) is 18.2 Å². The molecule has 0 aromatic heterocycles. The summed E-state index contributed by atoms with van der Waals surface area (Å²) in [6.45, 7) is 1.50. The lowest BCUT2D eigenvalue weighted by atomic mass is 10.0. The zero-order valence-corrected chi connectivity index (χ0v) is 12.0. The molecule has 0 spiro atoms. The molecule has 0 bridgehead atoms. The highest BCUT2D eigenvalue weighted by atomic mass is 16.5. The molecule has 0 unspecified atom stereocenters. The van der Waals surface area contributed by atoms with Crippen molar-refractivity contribution in [3.8, 4) is 11.5 Å². The van der Waals surface area contributed by atoms with E-state index in [1.807, 2.05) is 18.2 Å². The van der Waals surface area contributed by atoms with Gasteiger partial charge in [0, 0.05) is 18.2 Å². The first-order valence-electron chi connectivity index (χ1n) is 6.83. The number of rotatable bonds is 6. The van der Waals surface area contributed by atoms with Gasteiger partial charge in [-0.3, -0.25) is 9.69 Å². The molecule has 1 heterocycles. The van der Waals surface area contributed by atoms with E-state index in [1.54, 1.807) is 14.2 Å². The summed E-state index contributed by atoms with van der Waals surface area (Å²) < 4.78 is 10.7. The molecule has 1 aliphatic heterocycles. The van der Waals surface area contributed by atoms with Gasteiger partial charge in [-0.2, -0.15) is 0 Å². The maximum atomic E-state index is 10.8. The van der Waals surface area contributed by atoms with Crippen LogP contribution in [0.25, 0.3) is 0 Å². The van der Waals surface area contributed by atoms with Crippen molar-refractivity contribution in [1.29, 1.82) is 0 Å². The van der Waals surface area contributed by atoms with Crippen molar-refractivity contribution in [3.05, 3.63) is 23.8 Å². The number of ether oxygens (including phenoxy) is 2. The number of hydrogen-bond donors (Lipinski definition) is 1. The summed E-state index contributed by atoms with van der Waals surface area (Å²) in [6, 6.07) is 5.97. The molecular formula is C15H21NO4. The normalized spacial score (nSPS) is 19.0. The van der Waals surface area contributed by atoms with Gasteiger partial charge in [-0.15, -0.1) is 0 Å². The lowest BCUT2D eigenvalue weighted by Crippen LogP contribution is -2.26. The number of likely N-dealkylation sites (tertiary alicyclic amines) is 1. The minimum Gasteiger partial charge on any atom is -0.497 e. The van der Waals surface area contributed by atoms with Crippen LogP contribution in [0.5, 0.6) is 11.5 Å². The Hall–Kier alpha value is -1.75. The average Bonchev–Trinajstić information content (AvgIpc) is 2.92. The maximum absolute atomic E-state index is 10.8. The summed E-state index contributed by atoms with van der Waals surface area (Å²) in [4.78, 5) is 13.0. The van der Waals surface area contributed by atoms with Gasteiger partial charge in [0.2, 0.25) is 0 Å². The Labute approximate surface area is 119 Å². The van der Waals surface area contributed by atoms with E-state index in [2.05, 4.69) is 4.90 Å². The summed E-state index contributed by atoms with van der Waals surface area (Å²) in [5.41, 5.74) is 1.08. The van der Waals surface area contributed by atoms with Crippen LogP contribution in [0, 0.1) is 0 Å². The zero-order chi connectivity index (χ0) is 14.5. The third kappa shape index (κ3) is 3.22. The summed E-state index contributed by atoms with van der Waals surface area (Å²) >= 11 is 0. The molecule has 0 saturated carbocycles. The van der Waals surface area contributed by atoms with Crippen LogP contribution in [0.1, 0.15) is 30.9 Å². The van der Waals surface area contributed by atoms with Gasteiger partial charge >= 0.3 is 5.97 Å². The predicted octanol–water partition coefficient (Wildman–Crippen LogP) is 2.32.